The summed E-state index contributed by atoms with van der Waals surface area (Å²) in [6.45, 7) is 2.91. The Labute approximate surface area is 143 Å². The molecule has 5 heteroatoms. The Morgan fingerprint density at radius 2 is 1.92 bits per heavy atom. The average Bonchev–Trinajstić information content (AvgIpc) is 2.63. The quantitative estimate of drug-likeness (QED) is 0.896. The van der Waals surface area contributed by atoms with Crippen LogP contribution in [0.5, 0.6) is 0 Å². The molecule has 0 bridgehead atoms. The van der Waals surface area contributed by atoms with Crippen LogP contribution < -0.4 is 5.32 Å². The highest BCUT2D eigenvalue weighted by Gasteiger charge is 2.35. The van der Waals surface area contributed by atoms with Crippen molar-refractivity contribution in [2.75, 3.05) is 32.8 Å². The molecule has 3 rings (SSSR count). The molecule has 24 heavy (non-hydrogen) atoms. The van der Waals surface area contributed by atoms with Gasteiger partial charge in [-0.05, 0) is 31.2 Å². The standard InChI is InChI=1S/C19H26N2O3/c22-17(14-21-11-5-4-8-18(21)23)20-15-19(9-12-24-13-10-19)16-6-2-1-3-7-16/h1-3,6-7H,4-5,8-15H2,(H,20,22). The van der Waals surface area contributed by atoms with Crippen molar-refractivity contribution in [1.82, 2.24) is 10.2 Å². The van der Waals surface area contributed by atoms with Crippen LogP contribution in [0.4, 0.5) is 0 Å². The minimum atomic E-state index is -0.0684. The van der Waals surface area contributed by atoms with Gasteiger partial charge in [-0.2, -0.15) is 0 Å². The van der Waals surface area contributed by atoms with E-state index < -0.39 is 0 Å². The van der Waals surface area contributed by atoms with Crippen molar-refractivity contribution in [3.8, 4) is 0 Å². The summed E-state index contributed by atoms with van der Waals surface area (Å²) in [5.74, 6) is 0.0345. The third-order valence-electron chi connectivity index (χ3n) is 5.22. The maximum atomic E-state index is 12.3. The van der Waals surface area contributed by atoms with Crippen molar-refractivity contribution in [2.45, 2.75) is 37.5 Å². The SMILES string of the molecule is O=C(CN1CCCCC1=O)NCC1(c2ccccc2)CCOCC1. The predicted octanol–water partition coefficient (Wildman–Crippen LogP) is 1.86. The Balaban J connectivity index is 1.61. The lowest BCUT2D eigenvalue weighted by Crippen LogP contribution is -2.48. The lowest BCUT2D eigenvalue weighted by atomic mass is 9.74. The van der Waals surface area contributed by atoms with E-state index in [1.807, 2.05) is 18.2 Å². The van der Waals surface area contributed by atoms with Gasteiger partial charge in [0.2, 0.25) is 11.8 Å². The first kappa shape index (κ1) is 17.0. The Morgan fingerprint density at radius 3 is 2.62 bits per heavy atom. The second kappa shape index (κ2) is 7.79. The highest BCUT2D eigenvalue weighted by molar-refractivity contribution is 5.85. The van der Waals surface area contributed by atoms with Crippen molar-refractivity contribution in [3.05, 3.63) is 35.9 Å². The number of likely N-dealkylation sites (tertiary alicyclic amines) is 1. The van der Waals surface area contributed by atoms with Crippen LogP contribution in [0.25, 0.3) is 0 Å². The summed E-state index contributed by atoms with van der Waals surface area (Å²) < 4.78 is 5.52. The molecular formula is C19H26N2O3. The molecule has 0 aliphatic carbocycles. The summed E-state index contributed by atoms with van der Waals surface area (Å²) in [6, 6.07) is 10.4. The number of amides is 2. The first-order chi connectivity index (χ1) is 11.7. The number of piperidine rings is 1. The molecule has 2 saturated heterocycles. The molecule has 0 unspecified atom stereocenters. The highest BCUT2D eigenvalue weighted by atomic mass is 16.5. The number of hydrogen-bond donors (Lipinski definition) is 1. The van der Waals surface area contributed by atoms with Crippen LogP contribution in [0.3, 0.4) is 0 Å². The monoisotopic (exact) mass is 330 g/mol. The van der Waals surface area contributed by atoms with Gasteiger partial charge in [0.1, 0.15) is 0 Å². The molecule has 0 atom stereocenters. The molecule has 2 aliphatic rings. The van der Waals surface area contributed by atoms with Crippen molar-refractivity contribution < 1.29 is 14.3 Å². The fraction of sp³-hybridized carbons (Fsp3) is 0.579. The number of hydrogen-bond acceptors (Lipinski definition) is 3. The van der Waals surface area contributed by atoms with Gasteiger partial charge in [0.05, 0.1) is 6.54 Å². The Bertz CT molecular complexity index is 567. The summed E-state index contributed by atoms with van der Waals surface area (Å²) in [7, 11) is 0. The van der Waals surface area contributed by atoms with Crippen molar-refractivity contribution >= 4 is 11.8 Å². The molecule has 0 radical (unpaired) electrons. The molecule has 1 aromatic carbocycles. The third-order valence-corrected chi connectivity index (χ3v) is 5.22. The molecule has 2 amide bonds. The van der Waals surface area contributed by atoms with Gasteiger partial charge in [-0.1, -0.05) is 30.3 Å². The normalized spacial score (nSPS) is 20.7. The zero-order valence-corrected chi connectivity index (χ0v) is 14.1. The van der Waals surface area contributed by atoms with Gasteiger partial charge in [-0.3, -0.25) is 9.59 Å². The maximum absolute atomic E-state index is 12.3. The van der Waals surface area contributed by atoms with E-state index >= 15 is 0 Å². The fourth-order valence-electron chi connectivity index (χ4n) is 3.65. The summed E-state index contributed by atoms with van der Waals surface area (Å²) in [4.78, 5) is 25.9. The topological polar surface area (TPSA) is 58.6 Å². The third kappa shape index (κ3) is 3.96. The van der Waals surface area contributed by atoms with E-state index in [1.165, 1.54) is 5.56 Å². The summed E-state index contributed by atoms with van der Waals surface area (Å²) in [5.41, 5.74) is 1.18. The van der Waals surface area contributed by atoms with Crippen LogP contribution in [0.2, 0.25) is 0 Å². The lowest BCUT2D eigenvalue weighted by Gasteiger charge is -2.38. The van der Waals surface area contributed by atoms with Gasteiger partial charge in [-0.15, -0.1) is 0 Å². The molecule has 2 aliphatic heterocycles. The van der Waals surface area contributed by atoms with Crippen LogP contribution in [0, 0.1) is 0 Å². The number of nitrogens with zero attached hydrogens (tertiary/aromatic N) is 1. The molecule has 0 saturated carbocycles. The predicted molar refractivity (Wildman–Crippen MR) is 91.6 cm³/mol. The second-order valence-corrected chi connectivity index (χ2v) is 6.81. The maximum Gasteiger partial charge on any atom is 0.239 e. The van der Waals surface area contributed by atoms with Gasteiger partial charge in [0.15, 0.2) is 0 Å². The number of ether oxygens (including phenoxy) is 1. The van der Waals surface area contributed by atoms with Crippen molar-refractivity contribution in [1.29, 1.82) is 0 Å². The largest absolute Gasteiger partial charge is 0.381 e. The van der Waals surface area contributed by atoms with E-state index in [4.69, 9.17) is 4.74 Å². The van der Waals surface area contributed by atoms with Crippen LogP contribution in [0.1, 0.15) is 37.7 Å². The molecule has 1 aromatic rings. The molecule has 5 nitrogen and oxygen atoms in total. The molecule has 0 spiro atoms. The number of carbonyl (C=O) groups excluding carboxylic acids is 2. The minimum Gasteiger partial charge on any atom is -0.381 e. The number of rotatable bonds is 5. The summed E-state index contributed by atoms with van der Waals surface area (Å²) in [5, 5.41) is 3.07. The zero-order chi connectivity index (χ0) is 16.8. The zero-order valence-electron chi connectivity index (χ0n) is 14.1. The summed E-state index contributed by atoms with van der Waals surface area (Å²) >= 11 is 0. The van der Waals surface area contributed by atoms with E-state index in [0.717, 1.165) is 38.9 Å². The molecule has 130 valence electrons. The number of benzene rings is 1. The van der Waals surface area contributed by atoms with Crippen molar-refractivity contribution in [2.24, 2.45) is 0 Å². The molecule has 2 heterocycles. The smallest absolute Gasteiger partial charge is 0.239 e. The first-order valence-electron chi connectivity index (χ1n) is 8.87. The number of nitrogens with one attached hydrogen (secondary N) is 1. The van der Waals surface area contributed by atoms with Gasteiger partial charge >= 0.3 is 0 Å². The van der Waals surface area contributed by atoms with Gasteiger partial charge in [-0.25, -0.2) is 0 Å². The van der Waals surface area contributed by atoms with E-state index in [1.54, 1.807) is 4.90 Å². The van der Waals surface area contributed by atoms with Crippen LogP contribution in [-0.2, 0) is 19.7 Å². The minimum absolute atomic E-state index is 0.0629. The van der Waals surface area contributed by atoms with E-state index in [2.05, 4.69) is 17.4 Å². The average molecular weight is 330 g/mol. The van der Waals surface area contributed by atoms with Crippen LogP contribution >= 0.6 is 0 Å². The first-order valence-corrected chi connectivity index (χ1v) is 8.87. The molecule has 0 aromatic heterocycles. The van der Waals surface area contributed by atoms with Crippen LogP contribution in [0.15, 0.2) is 30.3 Å². The number of carbonyl (C=O) groups is 2. The van der Waals surface area contributed by atoms with E-state index in [-0.39, 0.29) is 23.8 Å². The lowest BCUT2D eigenvalue weighted by molar-refractivity contribution is -0.137. The Hall–Kier alpha value is -1.88. The van der Waals surface area contributed by atoms with Gasteiger partial charge in [0, 0.05) is 38.1 Å². The Kier molecular flexibility index (Phi) is 5.51. The van der Waals surface area contributed by atoms with Crippen LogP contribution in [-0.4, -0.2) is 49.6 Å². The highest BCUT2D eigenvalue weighted by Crippen LogP contribution is 2.34. The van der Waals surface area contributed by atoms with E-state index in [0.29, 0.717) is 19.5 Å². The second-order valence-electron chi connectivity index (χ2n) is 6.81. The fourth-order valence-corrected chi connectivity index (χ4v) is 3.65. The molecule has 2 fully saturated rings. The summed E-state index contributed by atoms with van der Waals surface area (Å²) in [6.07, 6.45) is 4.30. The van der Waals surface area contributed by atoms with Crippen molar-refractivity contribution in [3.63, 3.8) is 0 Å². The van der Waals surface area contributed by atoms with Gasteiger partial charge in [0.25, 0.3) is 0 Å². The van der Waals surface area contributed by atoms with E-state index in [9.17, 15) is 9.59 Å². The molecular weight excluding hydrogens is 304 g/mol. The van der Waals surface area contributed by atoms with Gasteiger partial charge < -0.3 is 15.0 Å². The molecule has 1 N–H and O–H groups in total. The Morgan fingerprint density at radius 1 is 1.17 bits per heavy atom.